The fourth-order valence-electron chi connectivity index (χ4n) is 9.79. The quantitative estimate of drug-likeness (QED) is 0.0261. The molecule has 1 unspecified atom stereocenters. The molecular formula is C70H126O6. The minimum atomic E-state index is -0.782. The van der Waals surface area contributed by atoms with Crippen molar-refractivity contribution in [2.24, 2.45) is 0 Å². The van der Waals surface area contributed by atoms with E-state index in [0.29, 0.717) is 19.3 Å². The van der Waals surface area contributed by atoms with Gasteiger partial charge in [-0.25, -0.2) is 0 Å². The van der Waals surface area contributed by atoms with Gasteiger partial charge < -0.3 is 14.2 Å². The van der Waals surface area contributed by atoms with Gasteiger partial charge in [-0.1, -0.05) is 306 Å². The monoisotopic (exact) mass is 1060 g/mol. The molecule has 0 radical (unpaired) electrons. The minimum absolute atomic E-state index is 0.0766. The van der Waals surface area contributed by atoms with Gasteiger partial charge in [0.15, 0.2) is 6.10 Å². The third-order valence-electron chi connectivity index (χ3n) is 14.8. The topological polar surface area (TPSA) is 78.9 Å². The van der Waals surface area contributed by atoms with Gasteiger partial charge in [0.25, 0.3) is 0 Å². The third-order valence-corrected chi connectivity index (χ3v) is 14.8. The highest BCUT2D eigenvalue weighted by Crippen LogP contribution is 2.17. The van der Waals surface area contributed by atoms with Crippen LogP contribution in [-0.2, 0) is 28.6 Å². The standard InChI is InChI=1S/C70H126O6/c1-4-7-10-13-16-19-22-25-28-31-33-34-35-36-38-39-42-45-48-51-54-57-60-63-69(72)75-66-67(65-74-68(71)62-59-56-53-50-47-44-41-30-27-24-21-18-15-12-9-6-3)76-70(73)64-61-58-55-52-49-46-43-40-37-32-29-26-23-20-17-14-11-8-5-2/h8,11,17,20,26,29,31,33,37,40,67H,4-7,9-10,12-16,18-19,21-25,27-28,30,32,34-36,38-39,41-66H2,1-3H3/b11-8-,20-17-,29-26-,33-31-,40-37-. The molecule has 0 aromatic heterocycles. The molecule has 0 heterocycles. The lowest BCUT2D eigenvalue weighted by Crippen LogP contribution is -2.30. The number of hydrogen-bond acceptors (Lipinski definition) is 6. The van der Waals surface area contributed by atoms with E-state index < -0.39 is 6.10 Å². The highest BCUT2D eigenvalue weighted by atomic mass is 16.6. The SMILES string of the molecule is CC/C=C\C/C=C\C/C=C\C/C=C\CCCCCCCCC(=O)OC(COC(=O)CCCCCCCCCCCCC/C=C\CCCCCCCCCC)COC(=O)CCCCCCCCCCCCCCCCCC. The summed E-state index contributed by atoms with van der Waals surface area (Å²) in [7, 11) is 0. The number of allylic oxidation sites excluding steroid dienone is 10. The van der Waals surface area contributed by atoms with E-state index >= 15 is 0 Å². The maximum Gasteiger partial charge on any atom is 0.306 e. The molecule has 6 nitrogen and oxygen atoms in total. The maximum atomic E-state index is 12.9. The van der Waals surface area contributed by atoms with Crippen LogP contribution in [0.1, 0.15) is 348 Å². The fourth-order valence-corrected chi connectivity index (χ4v) is 9.79. The Labute approximate surface area is 472 Å². The smallest absolute Gasteiger partial charge is 0.306 e. The molecule has 0 N–H and O–H groups in total. The highest BCUT2D eigenvalue weighted by molar-refractivity contribution is 5.71. The Balaban J connectivity index is 4.34. The van der Waals surface area contributed by atoms with Crippen molar-refractivity contribution in [1.82, 2.24) is 0 Å². The van der Waals surface area contributed by atoms with Crippen LogP contribution in [0.2, 0.25) is 0 Å². The number of carbonyl (C=O) groups excluding carboxylic acids is 3. The van der Waals surface area contributed by atoms with Crippen molar-refractivity contribution in [2.45, 2.75) is 354 Å². The largest absolute Gasteiger partial charge is 0.462 e. The van der Waals surface area contributed by atoms with Crippen LogP contribution < -0.4 is 0 Å². The van der Waals surface area contributed by atoms with E-state index in [4.69, 9.17) is 14.2 Å². The van der Waals surface area contributed by atoms with Crippen molar-refractivity contribution in [3.8, 4) is 0 Å². The number of unbranched alkanes of at least 4 members (excludes halogenated alkanes) is 40. The first-order valence-electron chi connectivity index (χ1n) is 33.3. The summed E-state index contributed by atoms with van der Waals surface area (Å²) in [6, 6.07) is 0. The van der Waals surface area contributed by atoms with E-state index in [0.717, 1.165) is 96.3 Å². The number of ether oxygens (including phenoxy) is 3. The Morgan fingerprint density at radius 2 is 0.513 bits per heavy atom. The molecule has 442 valence electrons. The second kappa shape index (κ2) is 64.6. The van der Waals surface area contributed by atoms with Crippen molar-refractivity contribution in [3.05, 3.63) is 60.8 Å². The molecule has 0 aliphatic rings. The molecule has 0 spiro atoms. The lowest BCUT2D eigenvalue weighted by atomic mass is 10.0. The molecule has 0 amide bonds. The molecule has 0 saturated carbocycles. The van der Waals surface area contributed by atoms with E-state index in [1.165, 1.54) is 212 Å². The van der Waals surface area contributed by atoms with Gasteiger partial charge >= 0.3 is 17.9 Å². The van der Waals surface area contributed by atoms with Gasteiger partial charge in [-0.3, -0.25) is 14.4 Å². The van der Waals surface area contributed by atoms with Crippen LogP contribution in [0.15, 0.2) is 60.8 Å². The number of carbonyl (C=O) groups is 3. The van der Waals surface area contributed by atoms with Crippen LogP contribution in [0.5, 0.6) is 0 Å². The van der Waals surface area contributed by atoms with Gasteiger partial charge in [-0.15, -0.1) is 0 Å². The summed E-state index contributed by atoms with van der Waals surface area (Å²) in [6.07, 6.45) is 82.3. The second-order valence-corrected chi connectivity index (χ2v) is 22.4. The summed E-state index contributed by atoms with van der Waals surface area (Å²) in [4.78, 5) is 38.4. The average Bonchev–Trinajstić information content (AvgIpc) is 3.42. The third kappa shape index (κ3) is 62.0. The number of esters is 3. The molecule has 0 fully saturated rings. The Morgan fingerprint density at radius 1 is 0.276 bits per heavy atom. The summed E-state index contributed by atoms with van der Waals surface area (Å²) < 4.78 is 17.0. The Kier molecular flexibility index (Phi) is 62.2. The lowest BCUT2D eigenvalue weighted by molar-refractivity contribution is -0.167. The lowest BCUT2D eigenvalue weighted by Gasteiger charge is -2.18. The van der Waals surface area contributed by atoms with Crippen molar-refractivity contribution in [3.63, 3.8) is 0 Å². The first-order chi connectivity index (χ1) is 37.5. The van der Waals surface area contributed by atoms with Gasteiger partial charge in [-0.05, 0) is 83.5 Å². The Hall–Kier alpha value is -2.89. The molecule has 0 saturated heterocycles. The predicted molar refractivity (Wildman–Crippen MR) is 330 cm³/mol. The van der Waals surface area contributed by atoms with E-state index in [9.17, 15) is 14.4 Å². The van der Waals surface area contributed by atoms with Crippen LogP contribution in [-0.4, -0.2) is 37.2 Å². The summed E-state index contributed by atoms with van der Waals surface area (Å²) in [5.41, 5.74) is 0. The Morgan fingerprint density at radius 3 is 0.816 bits per heavy atom. The van der Waals surface area contributed by atoms with E-state index in [2.05, 4.69) is 81.5 Å². The van der Waals surface area contributed by atoms with Crippen LogP contribution in [0.3, 0.4) is 0 Å². The van der Waals surface area contributed by atoms with E-state index in [-0.39, 0.29) is 31.1 Å². The molecule has 76 heavy (non-hydrogen) atoms. The summed E-state index contributed by atoms with van der Waals surface area (Å²) in [5.74, 6) is -0.870. The highest BCUT2D eigenvalue weighted by Gasteiger charge is 2.19. The van der Waals surface area contributed by atoms with Crippen molar-refractivity contribution in [2.75, 3.05) is 13.2 Å². The van der Waals surface area contributed by atoms with Gasteiger partial charge in [0, 0.05) is 19.3 Å². The molecule has 0 aromatic rings. The molecule has 6 heteroatoms. The Bertz CT molecular complexity index is 1360. The summed E-state index contributed by atoms with van der Waals surface area (Å²) in [5, 5.41) is 0. The summed E-state index contributed by atoms with van der Waals surface area (Å²) in [6.45, 7) is 6.57. The normalized spacial score (nSPS) is 12.4. The molecule has 0 aromatic carbocycles. The zero-order valence-corrected chi connectivity index (χ0v) is 50.8. The molecule has 0 bridgehead atoms. The molecule has 0 aliphatic heterocycles. The summed E-state index contributed by atoms with van der Waals surface area (Å²) >= 11 is 0. The van der Waals surface area contributed by atoms with Crippen LogP contribution >= 0.6 is 0 Å². The number of rotatable bonds is 61. The van der Waals surface area contributed by atoms with Gasteiger partial charge in [0.1, 0.15) is 13.2 Å². The molecule has 1 atom stereocenters. The molecule has 0 aliphatic carbocycles. The maximum absolute atomic E-state index is 12.9. The van der Waals surface area contributed by atoms with E-state index in [1.807, 2.05) is 0 Å². The average molecular weight is 1060 g/mol. The second-order valence-electron chi connectivity index (χ2n) is 22.4. The molecule has 0 rings (SSSR count). The van der Waals surface area contributed by atoms with Gasteiger partial charge in [-0.2, -0.15) is 0 Å². The predicted octanol–water partition coefficient (Wildman–Crippen LogP) is 22.7. The van der Waals surface area contributed by atoms with Crippen LogP contribution in [0, 0.1) is 0 Å². The van der Waals surface area contributed by atoms with Gasteiger partial charge in [0.05, 0.1) is 0 Å². The van der Waals surface area contributed by atoms with Crippen LogP contribution in [0.4, 0.5) is 0 Å². The fraction of sp³-hybridized carbons (Fsp3) is 0.814. The minimum Gasteiger partial charge on any atom is -0.462 e. The van der Waals surface area contributed by atoms with Crippen molar-refractivity contribution >= 4 is 17.9 Å². The van der Waals surface area contributed by atoms with Crippen LogP contribution in [0.25, 0.3) is 0 Å². The first-order valence-corrected chi connectivity index (χ1v) is 33.3. The molecular weight excluding hydrogens is 937 g/mol. The van der Waals surface area contributed by atoms with Gasteiger partial charge in [0.2, 0.25) is 0 Å². The van der Waals surface area contributed by atoms with Crippen molar-refractivity contribution in [1.29, 1.82) is 0 Å². The zero-order valence-electron chi connectivity index (χ0n) is 50.8. The first kappa shape index (κ1) is 73.1. The number of hydrogen-bond donors (Lipinski definition) is 0. The zero-order chi connectivity index (χ0) is 55.0. The van der Waals surface area contributed by atoms with E-state index in [1.54, 1.807) is 0 Å². The van der Waals surface area contributed by atoms with Crippen molar-refractivity contribution < 1.29 is 28.6 Å².